The highest BCUT2D eigenvalue weighted by Gasteiger charge is 2.14. The SMILES string of the molecule is c1ccc(N(Cn2c3ccccc3c3ccccc32)c2ccccc2)cc1. The van der Waals surface area contributed by atoms with Crippen molar-refractivity contribution in [3.8, 4) is 0 Å². The van der Waals surface area contributed by atoms with E-state index >= 15 is 0 Å². The average molecular weight is 348 g/mol. The zero-order valence-electron chi connectivity index (χ0n) is 15.0. The second-order valence-electron chi connectivity index (χ2n) is 6.70. The molecule has 4 aromatic carbocycles. The van der Waals surface area contributed by atoms with E-state index in [9.17, 15) is 0 Å². The number of rotatable bonds is 4. The highest BCUT2D eigenvalue weighted by molar-refractivity contribution is 6.08. The summed E-state index contributed by atoms with van der Waals surface area (Å²) in [5.74, 6) is 0. The smallest absolute Gasteiger partial charge is 0.1000 e. The second-order valence-corrected chi connectivity index (χ2v) is 6.70. The van der Waals surface area contributed by atoms with Crippen LogP contribution >= 0.6 is 0 Å². The van der Waals surface area contributed by atoms with Crippen LogP contribution in [0.2, 0.25) is 0 Å². The Morgan fingerprint density at radius 3 is 1.37 bits per heavy atom. The van der Waals surface area contributed by atoms with Crippen molar-refractivity contribution in [2.24, 2.45) is 0 Å². The predicted octanol–water partition coefficient (Wildman–Crippen LogP) is 6.59. The van der Waals surface area contributed by atoms with Gasteiger partial charge in [-0.05, 0) is 36.4 Å². The fourth-order valence-corrected chi connectivity index (χ4v) is 3.83. The lowest BCUT2D eigenvalue weighted by Gasteiger charge is -2.26. The van der Waals surface area contributed by atoms with Crippen LogP contribution in [0.5, 0.6) is 0 Å². The minimum absolute atomic E-state index is 0.752. The molecule has 2 heteroatoms. The largest absolute Gasteiger partial charge is 0.323 e. The first-order valence-electron chi connectivity index (χ1n) is 9.25. The predicted molar refractivity (Wildman–Crippen MR) is 114 cm³/mol. The van der Waals surface area contributed by atoms with Gasteiger partial charge in [0.1, 0.15) is 0 Å². The van der Waals surface area contributed by atoms with Gasteiger partial charge in [-0.25, -0.2) is 0 Å². The molecule has 0 atom stereocenters. The molecule has 0 saturated carbocycles. The van der Waals surface area contributed by atoms with Crippen LogP contribution in [0, 0.1) is 0 Å². The van der Waals surface area contributed by atoms with Crippen LogP contribution in [0.4, 0.5) is 11.4 Å². The van der Waals surface area contributed by atoms with E-state index in [0.717, 1.165) is 6.67 Å². The van der Waals surface area contributed by atoms with Crippen molar-refractivity contribution in [3.63, 3.8) is 0 Å². The van der Waals surface area contributed by atoms with Gasteiger partial charge >= 0.3 is 0 Å². The van der Waals surface area contributed by atoms with Crippen LogP contribution in [0.3, 0.4) is 0 Å². The highest BCUT2D eigenvalue weighted by atomic mass is 15.3. The summed E-state index contributed by atoms with van der Waals surface area (Å²) in [5.41, 5.74) is 4.89. The molecule has 2 nitrogen and oxygen atoms in total. The Morgan fingerprint density at radius 2 is 0.889 bits per heavy atom. The highest BCUT2D eigenvalue weighted by Crippen LogP contribution is 2.32. The van der Waals surface area contributed by atoms with Crippen LogP contribution in [-0.2, 0) is 6.67 Å². The number of hydrogen-bond acceptors (Lipinski definition) is 1. The van der Waals surface area contributed by atoms with Gasteiger partial charge in [-0.2, -0.15) is 0 Å². The second kappa shape index (κ2) is 6.65. The fraction of sp³-hybridized carbons (Fsp3) is 0.0400. The zero-order valence-corrected chi connectivity index (χ0v) is 15.0. The van der Waals surface area contributed by atoms with Gasteiger partial charge in [-0.1, -0.05) is 72.8 Å². The van der Waals surface area contributed by atoms with Crippen molar-refractivity contribution in [2.75, 3.05) is 4.90 Å². The first-order chi connectivity index (χ1) is 13.4. The van der Waals surface area contributed by atoms with Gasteiger partial charge in [0, 0.05) is 22.1 Å². The quantitative estimate of drug-likeness (QED) is 0.356. The summed E-state index contributed by atoms with van der Waals surface area (Å²) in [6.45, 7) is 0.752. The minimum atomic E-state index is 0.752. The maximum absolute atomic E-state index is 2.41. The lowest BCUT2D eigenvalue weighted by atomic mass is 10.2. The van der Waals surface area contributed by atoms with Crippen LogP contribution < -0.4 is 4.90 Å². The number of benzene rings is 4. The molecule has 0 radical (unpaired) electrons. The summed E-state index contributed by atoms with van der Waals surface area (Å²) in [7, 11) is 0. The van der Waals surface area contributed by atoms with Gasteiger partial charge in [0.15, 0.2) is 0 Å². The molecule has 0 spiro atoms. The normalized spacial score (nSPS) is 11.1. The Kier molecular flexibility index (Phi) is 3.87. The molecular weight excluding hydrogens is 328 g/mol. The number of aromatic nitrogens is 1. The van der Waals surface area contributed by atoms with Crippen molar-refractivity contribution in [3.05, 3.63) is 109 Å². The average Bonchev–Trinajstić information content (AvgIpc) is 3.07. The Hall–Kier alpha value is -3.52. The molecule has 130 valence electrons. The van der Waals surface area contributed by atoms with Crippen molar-refractivity contribution in [1.29, 1.82) is 0 Å². The summed E-state index contributed by atoms with van der Waals surface area (Å²) < 4.78 is 2.41. The van der Waals surface area contributed by atoms with E-state index < -0.39 is 0 Å². The fourth-order valence-electron chi connectivity index (χ4n) is 3.83. The molecule has 1 aromatic heterocycles. The number of hydrogen-bond donors (Lipinski definition) is 0. The number of anilines is 2. The molecule has 0 unspecified atom stereocenters. The van der Waals surface area contributed by atoms with E-state index in [1.165, 1.54) is 33.2 Å². The Morgan fingerprint density at radius 1 is 0.481 bits per heavy atom. The van der Waals surface area contributed by atoms with Gasteiger partial charge < -0.3 is 9.47 Å². The van der Waals surface area contributed by atoms with Crippen LogP contribution in [0.15, 0.2) is 109 Å². The lowest BCUT2D eigenvalue weighted by Crippen LogP contribution is -2.20. The molecule has 0 saturated heterocycles. The lowest BCUT2D eigenvalue weighted by molar-refractivity contribution is 0.757. The summed E-state index contributed by atoms with van der Waals surface area (Å²) >= 11 is 0. The molecule has 0 aliphatic heterocycles. The van der Waals surface area contributed by atoms with E-state index in [1.807, 2.05) is 0 Å². The summed E-state index contributed by atoms with van der Waals surface area (Å²) in [6.07, 6.45) is 0. The summed E-state index contributed by atoms with van der Waals surface area (Å²) in [4.78, 5) is 2.36. The molecule has 5 aromatic rings. The monoisotopic (exact) mass is 348 g/mol. The van der Waals surface area contributed by atoms with E-state index in [0.29, 0.717) is 0 Å². The summed E-state index contributed by atoms with van der Waals surface area (Å²) in [6, 6.07) is 38.5. The van der Waals surface area contributed by atoms with Gasteiger partial charge in [-0.3, -0.25) is 0 Å². The first-order valence-corrected chi connectivity index (χ1v) is 9.25. The molecule has 0 aliphatic rings. The summed E-state index contributed by atoms with van der Waals surface area (Å²) in [5, 5.41) is 2.60. The molecule has 0 fully saturated rings. The van der Waals surface area contributed by atoms with Gasteiger partial charge in [0.05, 0.1) is 17.7 Å². The molecule has 0 bridgehead atoms. The molecular formula is C25H20N2. The Labute approximate surface area is 158 Å². The van der Waals surface area contributed by atoms with E-state index in [1.54, 1.807) is 0 Å². The van der Waals surface area contributed by atoms with Gasteiger partial charge in [-0.15, -0.1) is 0 Å². The van der Waals surface area contributed by atoms with Crippen LogP contribution in [0.25, 0.3) is 21.8 Å². The third-order valence-corrected chi connectivity index (χ3v) is 5.10. The van der Waals surface area contributed by atoms with Crippen molar-refractivity contribution in [2.45, 2.75) is 6.67 Å². The third kappa shape index (κ3) is 2.76. The maximum Gasteiger partial charge on any atom is 0.1000 e. The minimum Gasteiger partial charge on any atom is -0.323 e. The standard InChI is InChI=1S/C25H20N2/c1-3-11-20(12-4-1)26(21-13-5-2-6-14-21)19-27-24-17-9-7-15-22(24)23-16-8-10-18-25(23)27/h1-18H,19H2. The molecule has 0 amide bonds. The Balaban J connectivity index is 1.71. The molecule has 5 rings (SSSR count). The van der Waals surface area contributed by atoms with Gasteiger partial charge in [0.2, 0.25) is 0 Å². The number of fused-ring (bicyclic) bond motifs is 3. The van der Waals surface area contributed by atoms with Crippen LogP contribution in [0.1, 0.15) is 0 Å². The van der Waals surface area contributed by atoms with E-state index in [4.69, 9.17) is 0 Å². The number of para-hydroxylation sites is 4. The van der Waals surface area contributed by atoms with Crippen LogP contribution in [-0.4, -0.2) is 4.57 Å². The Bertz CT molecular complexity index is 1100. The maximum atomic E-state index is 2.41. The van der Waals surface area contributed by atoms with E-state index in [2.05, 4.69) is 119 Å². The zero-order chi connectivity index (χ0) is 18.1. The molecule has 0 aliphatic carbocycles. The van der Waals surface area contributed by atoms with Crippen molar-refractivity contribution in [1.82, 2.24) is 4.57 Å². The molecule has 0 N–H and O–H groups in total. The topological polar surface area (TPSA) is 8.17 Å². The third-order valence-electron chi connectivity index (χ3n) is 5.10. The molecule has 27 heavy (non-hydrogen) atoms. The number of nitrogens with zero attached hydrogens (tertiary/aromatic N) is 2. The molecule has 1 heterocycles. The van der Waals surface area contributed by atoms with Crippen molar-refractivity contribution >= 4 is 33.2 Å². The first kappa shape index (κ1) is 15.7. The van der Waals surface area contributed by atoms with Crippen molar-refractivity contribution < 1.29 is 0 Å². The van der Waals surface area contributed by atoms with E-state index in [-0.39, 0.29) is 0 Å². The van der Waals surface area contributed by atoms with Gasteiger partial charge in [0.25, 0.3) is 0 Å².